The lowest BCUT2D eigenvalue weighted by molar-refractivity contribution is -0.116. The Kier molecular flexibility index (Phi) is 4.19. The lowest BCUT2D eigenvalue weighted by atomic mass is 9.73. The van der Waals surface area contributed by atoms with Crippen molar-refractivity contribution in [2.75, 3.05) is 10.6 Å². The molecule has 29 heavy (non-hydrogen) atoms. The highest BCUT2D eigenvalue weighted by Crippen LogP contribution is 2.48. The number of carbonyl (C=O) groups is 2. The third kappa shape index (κ3) is 3.41. The van der Waals surface area contributed by atoms with E-state index >= 15 is 0 Å². The highest BCUT2D eigenvalue weighted by molar-refractivity contribution is 5.96. The Morgan fingerprint density at radius 2 is 2.03 bits per heavy atom. The Balaban J connectivity index is 1.33. The van der Waals surface area contributed by atoms with E-state index in [1.807, 2.05) is 12.1 Å². The van der Waals surface area contributed by atoms with Crippen LogP contribution in [0.25, 0.3) is 0 Å². The van der Waals surface area contributed by atoms with E-state index in [1.54, 1.807) is 12.1 Å². The quantitative estimate of drug-likeness (QED) is 0.710. The molecule has 0 saturated heterocycles. The summed E-state index contributed by atoms with van der Waals surface area (Å²) in [6.45, 7) is 0. The summed E-state index contributed by atoms with van der Waals surface area (Å²) in [5.74, 6) is 0.263. The van der Waals surface area contributed by atoms with Gasteiger partial charge in [-0.05, 0) is 61.6 Å². The molecule has 3 amide bonds. The van der Waals surface area contributed by atoms with Gasteiger partial charge < -0.3 is 20.7 Å². The first kappa shape index (κ1) is 18.0. The van der Waals surface area contributed by atoms with E-state index in [4.69, 9.17) is 4.74 Å². The number of aryl methyl sites for hydroxylation is 1. The maximum atomic E-state index is 13.8. The standard InChI is InChI=1S/C22H22FN3O3/c23-14-4-6-19-16(10-14)18(12-22(29-19)8-1-9-22)26-21(28)24-15-5-2-13-3-7-20(27)25-17(13)11-15/h2,4-6,10-11,18H,1,3,7-9,12H2,(H,25,27)(H2,24,26,28)/t18-/m0/s1. The molecular formula is C22H22FN3O3. The second-order valence-corrected chi connectivity index (χ2v) is 8.10. The summed E-state index contributed by atoms with van der Waals surface area (Å²) in [7, 11) is 0. The minimum absolute atomic E-state index is 0.0225. The zero-order valence-corrected chi connectivity index (χ0v) is 15.9. The molecule has 6 nitrogen and oxygen atoms in total. The Morgan fingerprint density at radius 1 is 1.17 bits per heavy atom. The first-order chi connectivity index (χ1) is 14.0. The molecule has 2 aromatic carbocycles. The summed E-state index contributed by atoms with van der Waals surface area (Å²) in [6.07, 6.45) is 4.76. The van der Waals surface area contributed by atoms with Crippen molar-refractivity contribution in [3.63, 3.8) is 0 Å². The second kappa shape index (κ2) is 6.76. The van der Waals surface area contributed by atoms with Gasteiger partial charge in [-0.1, -0.05) is 6.07 Å². The van der Waals surface area contributed by atoms with Crippen LogP contribution in [0.4, 0.5) is 20.6 Å². The molecule has 5 rings (SSSR count). The zero-order valence-electron chi connectivity index (χ0n) is 15.9. The summed E-state index contributed by atoms with van der Waals surface area (Å²) < 4.78 is 19.9. The maximum absolute atomic E-state index is 13.8. The molecule has 2 aliphatic heterocycles. The predicted octanol–water partition coefficient (Wildman–Crippen LogP) is 4.28. The van der Waals surface area contributed by atoms with Crippen LogP contribution in [0.5, 0.6) is 5.75 Å². The van der Waals surface area contributed by atoms with Crippen molar-refractivity contribution in [1.29, 1.82) is 0 Å². The number of carbonyl (C=O) groups excluding carboxylic acids is 2. The van der Waals surface area contributed by atoms with Crippen molar-refractivity contribution in [2.24, 2.45) is 0 Å². The number of rotatable bonds is 2. The van der Waals surface area contributed by atoms with Gasteiger partial charge in [-0.15, -0.1) is 0 Å². The molecule has 1 atom stereocenters. The molecule has 0 radical (unpaired) electrons. The SMILES string of the molecule is O=C1CCc2ccc(NC(=O)N[C@H]3CC4(CCC4)Oc4ccc(F)cc43)cc2N1. The normalized spacial score (nSPS) is 21.1. The number of urea groups is 1. The van der Waals surface area contributed by atoms with E-state index in [0.717, 1.165) is 30.5 Å². The lowest BCUT2D eigenvalue weighted by Crippen LogP contribution is -2.50. The van der Waals surface area contributed by atoms with Gasteiger partial charge in [-0.2, -0.15) is 0 Å². The van der Waals surface area contributed by atoms with Crippen LogP contribution in [0.1, 0.15) is 49.3 Å². The Bertz CT molecular complexity index is 1000. The average Bonchev–Trinajstić information content (AvgIpc) is 2.66. The largest absolute Gasteiger partial charge is 0.487 e. The fourth-order valence-corrected chi connectivity index (χ4v) is 4.42. The summed E-state index contributed by atoms with van der Waals surface area (Å²) >= 11 is 0. The molecule has 3 aliphatic rings. The van der Waals surface area contributed by atoms with Crippen LogP contribution in [0, 0.1) is 5.82 Å². The molecule has 0 bridgehead atoms. The van der Waals surface area contributed by atoms with Gasteiger partial charge in [0.2, 0.25) is 5.91 Å². The molecular weight excluding hydrogens is 373 g/mol. The van der Waals surface area contributed by atoms with Crippen LogP contribution in [-0.2, 0) is 11.2 Å². The highest BCUT2D eigenvalue weighted by atomic mass is 19.1. The summed E-state index contributed by atoms with van der Waals surface area (Å²) in [5.41, 5.74) is 2.77. The van der Waals surface area contributed by atoms with E-state index in [0.29, 0.717) is 36.3 Å². The van der Waals surface area contributed by atoms with E-state index in [9.17, 15) is 14.0 Å². The fraction of sp³-hybridized carbons (Fsp3) is 0.364. The van der Waals surface area contributed by atoms with Crippen LogP contribution >= 0.6 is 0 Å². The van der Waals surface area contributed by atoms with E-state index in [2.05, 4.69) is 16.0 Å². The fourth-order valence-electron chi connectivity index (χ4n) is 4.42. The molecule has 0 unspecified atom stereocenters. The van der Waals surface area contributed by atoms with E-state index < -0.39 is 0 Å². The van der Waals surface area contributed by atoms with Crippen LogP contribution in [-0.4, -0.2) is 17.5 Å². The predicted molar refractivity (Wildman–Crippen MR) is 107 cm³/mol. The van der Waals surface area contributed by atoms with E-state index in [-0.39, 0.29) is 29.4 Å². The zero-order chi connectivity index (χ0) is 20.0. The van der Waals surface area contributed by atoms with Crippen LogP contribution < -0.4 is 20.7 Å². The number of fused-ring (bicyclic) bond motifs is 2. The minimum atomic E-state index is -0.372. The lowest BCUT2D eigenvalue weighted by Gasteiger charge is -2.48. The number of hydrogen-bond donors (Lipinski definition) is 3. The molecule has 1 fully saturated rings. The number of hydrogen-bond acceptors (Lipinski definition) is 3. The Labute approximate surface area is 167 Å². The van der Waals surface area contributed by atoms with Crippen LogP contribution in [0.2, 0.25) is 0 Å². The second-order valence-electron chi connectivity index (χ2n) is 8.10. The number of benzene rings is 2. The van der Waals surface area contributed by atoms with Gasteiger partial charge in [0.05, 0.1) is 6.04 Å². The number of amides is 3. The summed E-state index contributed by atoms with van der Waals surface area (Å²) in [6, 6.07) is 9.25. The Hall–Kier alpha value is -3.09. The van der Waals surface area contributed by atoms with Crippen LogP contribution in [0.3, 0.4) is 0 Å². The Morgan fingerprint density at radius 3 is 2.83 bits per heavy atom. The summed E-state index contributed by atoms with van der Waals surface area (Å²) in [5, 5.41) is 8.64. The van der Waals surface area contributed by atoms with Gasteiger partial charge in [-0.3, -0.25) is 4.79 Å². The van der Waals surface area contributed by atoms with Crippen LogP contribution in [0.15, 0.2) is 36.4 Å². The molecule has 150 valence electrons. The van der Waals surface area contributed by atoms with Crippen molar-refractivity contribution in [3.8, 4) is 5.75 Å². The molecule has 0 aromatic heterocycles. The van der Waals surface area contributed by atoms with Gasteiger partial charge in [0.25, 0.3) is 0 Å². The third-order valence-electron chi connectivity index (χ3n) is 6.08. The molecule has 2 heterocycles. The number of anilines is 2. The number of ether oxygens (including phenoxy) is 1. The average molecular weight is 395 g/mol. The topological polar surface area (TPSA) is 79.5 Å². The summed E-state index contributed by atoms with van der Waals surface area (Å²) in [4.78, 5) is 24.3. The van der Waals surface area contributed by atoms with Gasteiger partial charge in [0, 0.05) is 29.8 Å². The van der Waals surface area contributed by atoms with Gasteiger partial charge in [0.1, 0.15) is 17.2 Å². The molecule has 2 aromatic rings. The van der Waals surface area contributed by atoms with E-state index in [1.165, 1.54) is 12.1 Å². The molecule has 1 aliphatic carbocycles. The van der Waals surface area contributed by atoms with Crippen molar-refractivity contribution in [2.45, 2.75) is 50.2 Å². The molecule has 7 heteroatoms. The monoisotopic (exact) mass is 395 g/mol. The molecule has 1 saturated carbocycles. The van der Waals surface area contributed by atoms with Crippen molar-refractivity contribution in [1.82, 2.24) is 5.32 Å². The van der Waals surface area contributed by atoms with Crippen molar-refractivity contribution < 1.29 is 18.7 Å². The maximum Gasteiger partial charge on any atom is 0.319 e. The number of halogens is 1. The van der Waals surface area contributed by atoms with Crippen molar-refractivity contribution >= 4 is 23.3 Å². The highest BCUT2D eigenvalue weighted by Gasteiger charge is 2.46. The first-order valence-corrected chi connectivity index (χ1v) is 9.98. The minimum Gasteiger partial charge on any atom is -0.487 e. The first-order valence-electron chi connectivity index (χ1n) is 9.98. The van der Waals surface area contributed by atoms with Gasteiger partial charge in [0.15, 0.2) is 0 Å². The van der Waals surface area contributed by atoms with Crippen molar-refractivity contribution in [3.05, 3.63) is 53.3 Å². The molecule has 1 spiro atoms. The van der Waals surface area contributed by atoms with Gasteiger partial charge in [-0.25, -0.2) is 9.18 Å². The third-order valence-corrected chi connectivity index (χ3v) is 6.08. The van der Waals surface area contributed by atoms with Gasteiger partial charge >= 0.3 is 6.03 Å². The molecule has 3 N–H and O–H groups in total. The smallest absolute Gasteiger partial charge is 0.319 e. The number of nitrogens with one attached hydrogen (secondary N) is 3.